The van der Waals surface area contributed by atoms with Crippen LogP contribution >= 0.6 is 0 Å². The van der Waals surface area contributed by atoms with E-state index in [9.17, 15) is 0 Å². The fourth-order valence-corrected chi connectivity index (χ4v) is 2.85. The summed E-state index contributed by atoms with van der Waals surface area (Å²) in [4.78, 5) is 17.3. The van der Waals surface area contributed by atoms with Gasteiger partial charge in [0.25, 0.3) is 0 Å². The zero-order valence-corrected chi connectivity index (χ0v) is 13.6. The van der Waals surface area contributed by atoms with Crippen molar-refractivity contribution < 1.29 is 0 Å². The summed E-state index contributed by atoms with van der Waals surface area (Å²) in [6, 6.07) is 7.95. The molecule has 0 saturated carbocycles. The minimum atomic E-state index is 0.500. The van der Waals surface area contributed by atoms with Crippen molar-refractivity contribution in [2.24, 2.45) is 0 Å². The van der Waals surface area contributed by atoms with Crippen LogP contribution in [0.1, 0.15) is 5.82 Å². The van der Waals surface area contributed by atoms with Gasteiger partial charge in [-0.1, -0.05) is 6.07 Å². The average Bonchev–Trinajstić information content (AvgIpc) is 3.43. The Hall–Kier alpha value is -3.88. The van der Waals surface area contributed by atoms with Crippen LogP contribution in [0.2, 0.25) is 0 Å². The van der Waals surface area contributed by atoms with E-state index in [-0.39, 0.29) is 0 Å². The predicted octanol–water partition coefficient (Wildman–Crippen LogP) is 1.82. The quantitative estimate of drug-likeness (QED) is 0.534. The van der Waals surface area contributed by atoms with E-state index in [1.54, 1.807) is 31.0 Å². The Labute approximate surface area is 147 Å². The van der Waals surface area contributed by atoms with Crippen LogP contribution < -0.4 is 0 Å². The molecule has 126 valence electrons. The first-order chi connectivity index (χ1) is 12.9. The third-order valence-corrected chi connectivity index (χ3v) is 4.01. The van der Waals surface area contributed by atoms with Gasteiger partial charge in [0.1, 0.15) is 17.2 Å². The van der Waals surface area contributed by atoms with Gasteiger partial charge in [-0.15, -0.1) is 0 Å². The molecule has 5 rings (SSSR count). The van der Waals surface area contributed by atoms with Crippen molar-refractivity contribution in [3.63, 3.8) is 0 Å². The Morgan fingerprint density at radius 2 is 2.00 bits per heavy atom. The largest absolute Gasteiger partial charge is 0.322 e. The van der Waals surface area contributed by atoms with Gasteiger partial charge in [0.2, 0.25) is 5.82 Å². The molecule has 0 aromatic carbocycles. The lowest BCUT2D eigenvalue weighted by atomic mass is 10.3. The van der Waals surface area contributed by atoms with E-state index in [4.69, 9.17) is 0 Å². The Bertz CT molecular complexity index is 1170. The minimum absolute atomic E-state index is 0.500. The smallest absolute Gasteiger partial charge is 0.201 e. The second-order valence-corrected chi connectivity index (χ2v) is 5.65. The van der Waals surface area contributed by atoms with Crippen molar-refractivity contribution in [2.75, 3.05) is 0 Å². The van der Waals surface area contributed by atoms with Crippen molar-refractivity contribution in [1.82, 2.24) is 44.3 Å². The van der Waals surface area contributed by atoms with Gasteiger partial charge in [0, 0.05) is 24.8 Å². The number of fused-ring (bicyclic) bond motifs is 1. The first kappa shape index (κ1) is 14.5. The number of hydrogen-bond acceptors (Lipinski definition) is 6. The zero-order valence-electron chi connectivity index (χ0n) is 13.6. The maximum absolute atomic E-state index is 4.50. The van der Waals surface area contributed by atoms with Gasteiger partial charge in [-0.2, -0.15) is 10.2 Å². The Kier molecular flexibility index (Phi) is 3.27. The first-order valence-corrected chi connectivity index (χ1v) is 8.00. The second kappa shape index (κ2) is 5.88. The van der Waals surface area contributed by atoms with E-state index >= 15 is 0 Å². The first-order valence-electron chi connectivity index (χ1n) is 8.00. The Balaban J connectivity index is 1.49. The van der Waals surface area contributed by atoms with E-state index in [1.165, 1.54) is 0 Å². The van der Waals surface area contributed by atoms with Gasteiger partial charge < -0.3 is 4.57 Å². The van der Waals surface area contributed by atoms with Crippen molar-refractivity contribution >= 4 is 5.52 Å². The van der Waals surface area contributed by atoms with Gasteiger partial charge >= 0.3 is 0 Å². The highest BCUT2D eigenvalue weighted by atomic mass is 15.3. The topological polar surface area (TPSA) is 102 Å². The van der Waals surface area contributed by atoms with Crippen molar-refractivity contribution in [3.05, 3.63) is 67.3 Å². The van der Waals surface area contributed by atoms with E-state index in [0.29, 0.717) is 23.9 Å². The number of rotatable bonds is 4. The standard InChI is InChI=1S/C17H13N9/c1-2-12-4-5-21-26(12)14(3-1)17-20-8-9-25(17)11-15-22-16(24-23-15)13-10-18-6-7-19-13/h1-10H,11H2,(H,22,23,24). The number of hydrogen-bond donors (Lipinski definition) is 1. The number of nitrogens with one attached hydrogen (secondary N) is 1. The molecule has 0 aliphatic carbocycles. The third kappa shape index (κ3) is 2.42. The highest BCUT2D eigenvalue weighted by Crippen LogP contribution is 2.19. The second-order valence-electron chi connectivity index (χ2n) is 5.65. The SMILES string of the molecule is c1cc(-c2nccn2Cc2nc(-c3cnccn3)n[nH]2)n2nccc2c1. The van der Waals surface area contributed by atoms with E-state index in [2.05, 4.69) is 35.2 Å². The van der Waals surface area contributed by atoms with Crippen LogP contribution in [0.15, 0.2) is 61.4 Å². The van der Waals surface area contributed by atoms with E-state index in [0.717, 1.165) is 17.0 Å². The summed E-state index contributed by atoms with van der Waals surface area (Å²) in [5.74, 6) is 2.03. The summed E-state index contributed by atoms with van der Waals surface area (Å²) >= 11 is 0. The summed E-state index contributed by atoms with van der Waals surface area (Å²) in [7, 11) is 0. The molecular formula is C17H13N9. The molecule has 5 aromatic heterocycles. The molecule has 0 atom stereocenters. The maximum Gasteiger partial charge on any atom is 0.201 e. The molecule has 5 heterocycles. The summed E-state index contributed by atoms with van der Waals surface area (Å²) in [5, 5.41) is 11.6. The van der Waals surface area contributed by atoms with Crippen LogP contribution in [0.5, 0.6) is 0 Å². The van der Waals surface area contributed by atoms with Crippen LogP contribution in [0.3, 0.4) is 0 Å². The van der Waals surface area contributed by atoms with Crippen molar-refractivity contribution in [2.45, 2.75) is 6.54 Å². The molecule has 0 radical (unpaired) electrons. The summed E-state index contributed by atoms with van der Waals surface area (Å²) < 4.78 is 3.86. The molecule has 0 bridgehead atoms. The maximum atomic E-state index is 4.50. The van der Waals surface area contributed by atoms with E-state index < -0.39 is 0 Å². The third-order valence-electron chi connectivity index (χ3n) is 4.01. The van der Waals surface area contributed by atoms with Crippen LogP contribution in [0, 0.1) is 0 Å². The van der Waals surface area contributed by atoms with Crippen LogP contribution in [-0.2, 0) is 6.54 Å². The fraction of sp³-hybridized carbons (Fsp3) is 0.0588. The molecular weight excluding hydrogens is 330 g/mol. The molecule has 0 fully saturated rings. The zero-order chi connectivity index (χ0) is 17.3. The molecule has 0 amide bonds. The molecule has 0 saturated heterocycles. The fourth-order valence-electron chi connectivity index (χ4n) is 2.85. The monoisotopic (exact) mass is 343 g/mol. The molecule has 0 unspecified atom stereocenters. The number of imidazole rings is 1. The Morgan fingerprint density at radius 1 is 1.00 bits per heavy atom. The molecule has 5 aromatic rings. The lowest BCUT2D eigenvalue weighted by molar-refractivity contribution is 0.748. The van der Waals surface area contributed by atoms with Crippen molar-refractivity contribution in [3.8, 4) is 23.0 Å². The number of nitrogens with zero attached hydrogens (tertiary/aromatic N) is 8. The summed E-state index contributed by atoms with van der Waals surface area (Å²) in [6.45, 7) is 0.500. The lowest BCUT2D eigenvalue weighted by Crippen LogP contribution is -2.05. The normalized spacial score (nSPS) is 11.2. The van der Waals surface area contributed by atoms with Crippen molar-refractivity contribution in [1.29, 1.82) is 0 Å². The molecule has 9 heteroatoms. The van der Waals surface area contributed by atoms with Crippen LogP contribution in [0.4, 0.5) is 0 Å². The number of pyridine rings is 1. The predicted molar refractivity (Wildman–Crippen MR) is 92.9 cm³/mol. The van der Waals surface area contributed by atoms with Gasteiger partial charge in [-0.05, 0) is 18.2 Å². The number of H-pyrrole nitrogens is 1. The molecule has 0 spiro atoms. The number of aromatic nitrogens is 9. The highest BCUT2D eigenvalue weighted by Gasteiger charge is 2.13. The summed E-state index contributed by atoms with van der Waals surface area (Å²) in [5.41, 5.74) is 2.55. The molecule has 1 N–H and O–H groups in total. The minimum Gasteiger partial charge on any atom is -0.322 e. The highest BCUT2D eigenvalue weighted by molar-refractivity contribution is 5.59. The number of aromatic amines is 1. The Morgan fingerprint density at radius 3 is 2.92 bits per heavy atom. The molecule has 9 nitrogen and oxygen atoms in total. The molecule has 0 aliphatic rings. The molecule has 0 aliphatic heterocycles. The summed E-state index contributed by atoms with van der Waals surface area (Å²) in [6.07, 6.45) is 10.3. The van der Waals surface area contributed by atoms with E-state index in [1.807, 2.05) is 39.5 Å². The van der Waals surface area contributed by atoms with Gasteiger partial charge in [0.05, 0.1) is 24.5 Å². The van der Waals surface area contributed by atoms with Gasteiger partial charge in [0.15, 0.2) is 5.82 Å². The van der Waals surface area contributed by atoms with Crippen LogP contribution in [0.25, 0.3) is 28.6 Å². The van der Waals surface area contributed by atoms with Crippen LogP contribution in [-0.4, -0.2) is 44.3 Å². The van der Waals surface area contributed by atoms with Gasteiger partial charge in [-0.25, -0.2) is 19.5 Å². The lowest BCUT2D eigenvalue weighted by Gasteiger charge is -2.07. The molecule has 26 heavy (non-hydrogen) atoms. The van der Waals surface area contributed by atoms with Gasteiger partial charge in [-0.3, -0.25) is 10.1 Å². The average molecular weight is 343 g/mol.